The van der Waals surface area contributed by atoms with E-state index >= 15 is 0 Å². The van der Waals surface area contributed by atoms with Crippen molar-refractivity contribution in [2.24, 2.45) is 5.10 Å². The summed E-state index contributed by atoms with van der Waals surface area (Å²) in [6, 6.07) is 6.68. The van der Waals surface area contributed by atoms with Gasteiger partial charge in [0, 0.05) is 11.9 Å². The first-order valence-electron chi connectivity index (χ1n) is 6.34. The van der Waals surface area contributed by atoms with E-state index in [4.69, 9.17) is 4.74 Å². The van der Waals surface area contributed by atoms with Crippen molar-refractivity contribution in [3.63, 3.8) is 0 Å². The molecule has 0 saturated heterocycles. The summed E-state index contributed by atoms with van der Waals surface area (Å²) in [6.45, 7) is 1.84. The molecule has 2 aromatic rings. The number of rotatable bonds is 4. The molecule has 0 fully saturated rings. The smallest absolute Gasteiger partial charge is 0.272 e. The maximum atomic E-state index is 11.9. The Morgan fingerprint density at radius 2 is 2.23 bits per heavy atom. The monoisotopic (exact) mass is 363 g/mol. The van der Waals surface area contributed by atoms with E-state index in [1.807, 2.05) is 6.92 Å². The maximum Gasteiger partial charge on any atom is 0.272 e. The van der Waals surface area contributed by atoms with Crippen molar-refractivity contribution in [3.05, 3.63) is 51.8 Å². The number of methoxy groups -OCH3 is 1. The molecule has 6 nitrogen and oxygen atoms in total. The molecular weight excluding hydrogens is 350 g/mol. The van der Waals surface area contributed by atoms with Crippen LogP contribution in [0.2, 0.25) is 0 Å². The van der Waals surface area contributed by atoms with Gasteiger partial charge in [0.1, 0.15) is 0 Å². The summed E-state index contributed by atoms with van der Waals surface area (Å²) in [6.07, 6.45) is 2.94. The van der Waals surface area contributed by atoms with Gasteiger partial charge in [0.25, 0.3) is 5.91 Å². The number of phenolic OH excluding ortho intramolecular Hbond substituents is 1. The average molecular weight is 364 g/mol. The molecule has 1 aromatic carbocycles. The Labute approximate surface area is 136 Å². The molecule has 0 aliphatic heterocycles. The number of aryl methyl sites for hydroxylation is 1. The van der Waals surface area contributed by atoms with Crippen molar-refractivity contribution in [2.45, 2.75) is 6.92 Å². The highest BCUT2D eigenvalue weighted by Gasteiger charge is 2.08. The van der Waals surface area contributed by atoms with Gasteiger partial charge in [-0.05, 0) is 52.7 Å². The minimum absolute atomic E-state index is 0.00872. The minimum atomic E-state index is -0.353. The van der Waals surface area contributed by atoms with Crippen molar-refractivity contribution >= 4 is 28.1 Å². The van der Waals surface area contributed by atoms with Gasteiger partial charge in [0.05, 0.1) is 23.4 Å². The number of ether oxygens (including phenoxy) is 1. The number of halogens is 1. The van der Waals surface area contributed by atoms with E-state index in [0.29, 0.717) is 21.3 Å². The highest BCUT2D eigenvalue weighted by molar-refractivity contribution is 9.10. The number of benzene rings is 1. The second-order valence-electron chi connectivity index (χ2n) is 4.44. The molecule has 0 radical (unpaired) electrons. The van der Waals surface area contributed by atoms with E-state index in [2.05, 4.69) is 31.4 Å². The van der Waals surface area contributed by atoms with Gasteiger partial charge < -0.3 is 9.84 Å². The fourth-order valence-corrected chi connectivity index (χ4v) is 2.12. The van der Waals surface area contributed by atoms with E-state index in [0.717, 1.165) is 5.69 Å². The summed E-state index contributed by atoms with van der Waals surface area (Å²) in [4.78, 5) is 15.9. The summed E-state index contributed by atoms with van der Waals surface area (Å²) in [7, 11) is 1.45. The van der Waals surface area contributed by atoms with Gasteiger partial charge in [-0.2, -0.15) is 5.10 Å². The Hall–Kier alpha value is -2.41. The van der Waals surface area contributed by atoms with Crippen LogP contribution in [0.3, 0.4) is 0 Å². The number of aromatic nitrogens is 1. The zero-order chi connectivity index (χ0) is 16.1. The number of nitrogens with zero attached hydrogens (tertiary/aromatic N) is 2. The Bertz CT molecular complexity index is 715. The molecule has 0 aliphatic carbocycles. The van der Waals surface area contributed by atoms with E-state index in [9.17, 15) is 9.90 Å². The molecule has 1 aromatic heterocycles. The van der Waals surface area contributed by atoms with Crippen LogP contribution in [0.5, 0.6) is 11.5 Å². The van der Waals surface area contributed by atoms with Crippen LogP contribution in [-0.4, -0.2) is 29.3 Å². The van der Waals surface area contributed by atoms with Gasteiger partial charge in [0.15, 0.2) is 11.5 Å². The Morgan fingerprint density at radius 3 is 2.86 bits per heavy atom. The number of hydrogen-bond donors (Lipinski definition) is 2. The molecule has 0 spiro atoms. The Morgan fingerprint density at radius 1 is 1.45 bits per heavy atom. The molecule has 2 N–H and O–H groups in total. The molecule has 1 heterocycles. The van der Waals surface area contributed by atoms with E-state index < -0.39 is 0 Å². The van der Waals surface area contributed by atoms with E-state index in [1.165, 1.54) is 19.5 Å². The standard InChI is InChI=1S/C15H14BrN3O3/c1-9-3-4-11(8-17-9)15(21)19-18-7-10-5-12(16)14(20)13(6-10)22-2/h3-8,20H,1-2H3,(H,19,21)/b18-7-. The second-order valence-corrected chi connectivity index (χ2v) is 5.30. The number of nitrogens with one attached hydrogen (secondary N) is 1. The van der Waals surface area contributed by atoms with Crippen LogP contribution >= 0.6 is 15.9 Å². The fraction of sp³-hybridized carbons (Fsp3) is 0.133. The fourth-order valence-electron chi connectivity index (χ4n) is 1.66. The lowest BCUT2D eigenvalue weighted by Gasteiger charge is -2.06. The first kappa shape index (κ1) is 16.0. The first-order chi connectivity index (χ1) is 10.5. The van der Waals surface area contributed by atoms with Crippen molar-refractivity contribution in [1.29, 1.82) is 0 Å². The predicted octanol–water partition coefficient (Wildman–Crippen LogP) is 2.63. The SMILES string of the molecule is COc1cc(/C=N\NC(=O)c2ccc(C)nc2)cc(Br)c1O. The summed E-state index contributed by atoms with van der Waals surface area (Å²) < 4.78 is 5.51. The Kier molecular flexibility index (Phi) is 5.11. The number of pyridine rings is 1. The summed E-state index contributed by atoms with van der Waals surface area (Å²) in [5.41, 5.74) is 4.32. The zero-order valence-electron chi connectivity index (χ0n) is 12.0. The topological polar surface area (TPSA) is 83.8 Å². The molecule has 7 heteroatoms. The number of amides is 1. The lowest BCUT2D eigenvalue weighted by atomic mass is 10.2. The van der Waals surface area contributed by atoms with Crippen molar-refractivity contribution in [1.82, 2.24) is 10.4 Å². The molecule has 0 aliphatic rings. The highest BCUT2D eigenvalue weighted by Crippen LogP contribution is 2.34. The lowest BCUT2D eigenvalue weighted by molar-refractivity contribution is 0.0955. The zero-order valence-corrected chi connectivity index (χ0v) is 13.6. The van der Waals surface area contributed by atoms with Crippen LogP contribution in [0.25, 0.3) is 0 Å². The van der Waals surface area contributed by atoms with Gasteiger partial charge in [-0.15, -0.1) is 0 Å². The Balaban J connectivity index is 2.08. The number of aromatic hydroxyl groups is 1. The summed E-state index contributed by atoms with van der Waals surface area (Å²) in [5.74, 6) is -0.0344. The number of carbonyl (C=O) groups excluding carboxylic acids is 1. The lowest BCUT2D eigenvalue weighted by Crippen LogP contribution is -2.17. The summed E-state index contributed by atoms with van der Waals surface area (Å²) >= 11 is 3.21. The molecule has 0 atom stereocenters. The number of hydrogen-bond acceptors (Lipinski definition) is 5. The van der Waals surface area contributed by atoms with Crippen molar-refractivity contribution in [3.8, 4) is 11.5 Å². The van der Waals surface area contributed by atoms with Crippen LogP contribution in [0.4, 0.5) is 0 Å². The molecule has 2 rings (SSSR count). The normalized spacial score (nSPS) is 10.7. The average Bonchev–Trinajstić information content (AvgIpc) is 2.51. The molecule has 0 bridgehead atoms. The molecule has 22 heavy (non-hydrogen) atoms. The first-order valence-corrected chi connectivity index (χ1v) is 7.13. The van der Waals surface area contributed by atoms with Gasteiger partial charge >= 0.3 is 0 Å². The highest BCUT2D eigenvalue weighted by atomic mass is 79.9. The minimum Gasteiger partial charge on any atom is -0.503 e. The third kappa shape index (κ3) is 3.82. The summed E-state index contributed by atoms with van der Waals surface area (Å²) in [5, 5.41) is 13.6. The molecule has 114 valence electrons. The van der Waals surface area contributed by atoms with Crippen LogP contribution in [-0.2, 0) is 0 Å². The molecule has 0 unspecified atom stereocenters. The van der Waals surface area contributed by atoms with Crippen molar-refractivity contribution in [2.75, 3.05) is 7.11 Å². The van der Waals surface area contributed by atoms with Crippen molar-refractivity contribution < 1.29 is 14.6 Å². The largest absolute Gasteiger partial charge is 0.503 e. The third-order valence-electron chi connectivity index (χ3n) is 2.82. The van der Waals surface area contributed by atoms with Gasteiger partial charge in [-0.3, -0.25) is 9.78 Å². The predicted molar refractivity (Wildman–Crippen MR) is 86.4 cm³/mol. The van der Waals surface area contributed by atoms with Gasteiger partial charge in [-0.1, -0.05) is 0 Å². The number of hydrazone groups is 1. The molecular formula is C15H14BrN3O3. The quantitative estimate of drug-likeness (QED) is 0.645. The second kappa shape index (κ2) is 7.04. The van der Waals surface area contributed by atoms with Crippen LogP contribution < -0.4 is 10.2 Å². The number of phenols is 1. The van der Waals surface area contributed by atoms with E-state index in [-0.39, 0.29) is 11.7 Å². The molecule has 1 amide bonds. The third-order valence-corrected chi connectivity index (χ3v) is 3.43. The van der Waals surface area contributed by atoms with Crippen LogP contribution in [0, 0.1) is 6.92 Å². The van der Waals surface area contributed by atoms with Crippen LogP contribution in [0.15, 0.2) is 40.0 Å². The number of carbonyl (C=O) groups is 1. The van der Waals surface area contributed by atoms with E-state index in [1.54, 1.807) is 24.3 Å². The van der Waals surface area contributed by atoms with Gasteiger partial charge in [0.2, 0.25) is 0 Å². The molecule has 0 saturated carbocycles. The van der Waals surface area contributed by atoms with Crippen LogP contribution in [0.1, 0.15) is 21.6 Å². The maximum absolute atomic E-state index is 11.9. The van der Waals surface area contributed by atoms with Gasteiger partial charge in [-0.25, -0.2) is 5.43 Å².